The lowest BCUT2D eigenvalue weighted by molar-refractivity contribution is -0.155. The number of ether oxygens (including phenoxy) is 2. The van der Waals surface area contributed by atoms with Crippen molar-refractivity contribution in [3.05, 3.63) is 68.0 Å². The third-order valence-electron chi connectivity index (χ3n) is 5.91. The molecule has 0 bridgehead atoms. The van der Waals surface area contributed by atoms with Crippen LogP contribution in [-0.4, -0.2) is 63.6 Å². The summed E-state index contributed by atoms with van der Waals surface area (Å²) in [6.07, 6.45) is -3.51. The molecule has 1 aromatic carbocycles. The van der Waals surface area contributed by atoms with Crippen molar-refractivity contribution in [2.45, 2.75) is 50.5 Å². The monoisotopic (exact) mass is 562 g/mol. The first-order chi connectivity index (χ1) is 17.4. The van der Waals surface area contributed by atoms with Crippen molar-refractivity contribution in [2.24, 2.45) is 0 Å². The van der Waals surface area contributed by atoms with E-state index in [-0.39, 0.29) is 0 Å². The van der Waals surface area contributed by atoms with Crippen LogP contribution in [0, 0.1) is 0 Å². The zero-order valence-electron chi connectivity index (χ0n) is 20.2. The highest BCUT2D eigenvalue weighted by atomic mass is 35.5. The minimum Gasteiger partial charge on any atom is -0.456 e. The average Bonchev–Trinajstić information content (AvgIpc) is 2.94. The summed E-state index contributed by atoms with van der Waals surface area (Å²) in [4.78, 5) is 48.7. The third-order valence-corrected chi connectivity index (χ3v) is 7.63. The molecule has 37 heavy (non-hydrogen) atoms. The van der Waals surface area contributed by atoms with Gasteiger partial charge in [-0.15, -0.1) is 0 Å². The fourth-order valence-electron chi connectivity index (χ4n) is 4.22. The van der Waals surface area contributed by atoms with Crippen molar-refractivity contribution < 1.29 is 37.2 Å². The number of hydroxylamine groups is 2. The molecule has 203 valence electrons. The number of rotatable bonds is 6. The Kier molecular flexibility index (Phi) is 8.17. The van der Waals surface area contributed by atoms with Crippen LogP contribution in [0.2, 0.25) is 5.02 Å². The molecule has 6 unspecified atom stereocenters. The molecule has 1 aromatic heterocycles. The number of benzene rings is 1. The van der Waals surface area contributed by atoms with Crippen LogP contribution >= 0.6 is 19.8 Å². The van der Waals surface area contributed by atoms with E-state index in [1.807, 2.05) is 4.98 Å². The van der Waals surface area contributed by atoms with Gasteiger partial charge >= 0.3 is 19.8 Å². The van der Waals surface area contributed by atoms with Gasteiger partial charge in [-0.1, -0.05) is 23.7 Å². The zero-order chi connectivity index (χ0) is 27.0. The first-order valence-corrected chi connectivity index (χ1v) is 13.2. The number of alkyl halides is 1. The van der Waals surface area contributed by atoms with Crippen LogP contribution < -0.4 is 11.2 Å². The molecular weight excluding hydrogens is 536 g/mol. The highest BCUT2D eigenvalue weighted by molar-refractivity contribution is 7.55. The van der Waals surface area contributed by atoms with Gasteiger partial charge in [0.2, 0.25) is 0 Å². The SMILES string of the molecule is CC(=O)OC1C(CO[P]2(O)OC(c3cccc(Cl)c3)CCN(C)O2)OC(n2ccc(=O)[nH]c2=O)C1(C)F. The average molecular weight is 563 g/mol. The lowest BCUT2D eigenvalue weighted by atomic mass is 9.98. The largest absolute Gasteiger partial charge is 0.456 e. The number of hydrogen-bond acceptors (Lipinski definition) is 10. The molecule has 0 amide bonds. The Morgan fingerprint density at radius 2 is 2.14 bits per heavy atom. The number of carbonyl (C=O) groups excluding carboxylic acids is 1. The van der Waals surface area contributed by atoms with Gasteiger partial charge in [-0.2, -0.15) is 5.06 Å². The van der Waals surface area contributed by atoms with Gasteiger partial charge in [-0.05, 0) is 31.0 Å². The highest BCUT2D eigenvalue weighted by Gasteiger charge is 2.58. The van der Waals surface area contributed by atoms with E-state index in [0.29, 0.717) is 23.6 Å². The summed E-state index contributed by atoms with van der Waals surface area (Å²) < 4.78 is 44.8. The van der Waals surface area contributed by atoms with Crippen LogP contribution in [0.1, 0.15) is 38.2 Å². The molecule has 2 aliphatic rings. The molecule has 3 heterocycles. The van der Waals surface area contributed by atoms with Crippen LogP contribution in [0.4, 0.5) is 4.39 Å². The molecule has 0 spiro atoms. The van der Waals surface area contributed by atoms with E-state index < -0.39 is 62.2 Å². The molecule has 2 aromatic rings. The third kappa shape index (κ3) is 6.27. The van der Waals surface area contributed by atoms with Gasteiger partial charge in [0.25, 0.3) is 5.56 Å². The summed E-state index contributed by atoms with van der Waals surface area (Å²) in [5.74, 6) is -0.798. The van der Waals surface area contributed by atoms with E-state index in [9.17, 15) is 19.3 Å². The smallest absolute Gasteiger partial charge is 0.395 e. The van der Waals surface area contributed by atoms with Crippen LogP contribution in [-0.2, 0) is 27.9 Å². The molecule has 2 aliphatic heterocycles. The number of aromatic amines is 1. The first-order valence-electron chi connectivity index (χ1n) is 11.3. The minimum absolute atomic E-state index is 0.388. The van der Waals surface area contributed by atoms with Crippen LogP contribution in [0.25, 0.3) is 0 Å². The van der Waals surface area contributed by atoms with Gasteiger partial charge in [0.15, 0.2) is 18.0 Å². The number of nitrogens with zero attached hydrogens (tertiary/aromatic N) is 2. The number of hydrogen-bond donors (Lipinski definition) is 2. The molecule has 15 heteroatoms. The van der Waals surface area contributed by atoms with E-state index in [1.54, 1.807) is 31.3 Å². The van der Waals surface area contributed by atoms with Crippen molar-refractivity contribution in [1.82, 2.24) is 14.6 Å². The molecule has 0 saturated carbocycles. The highest BCUT2D eigenvalue weighted by Crippen LogP contribution is 2.63. The van der Waals surface area contributed by atoms with Crippen molar-refractivity contribution in [1.29, 1.82) is 0 Å². The van der Waals surface area contributed by atoms with Crippen LogP contribution in [0.15, 0.2) is 46.1 Å². The lowest BCUT2D eigenvalue weighted by Gasteiger charge is -2.32. The standard InChI is InChI=1S/C22H27ClFN3O9P/c1-13(28)33-19-17(34-20(22(19,2)24)27-10-8-18(29)25-21(27)30)12-32-37(31)35-16(7-9-26(3)36-37)14-5-4-6-15(23)11-14/h4-6,8,10-11,16-17,19-20,31H,7,9,12H2,1-3H3,(H,25,29,30). The number of halogens is 2. The van der Waals surface area contributed by atoms with Gasteiger partial charge in [-0.3, -0.25) is 28.2 Å². The van der Waals surface area contributed by atoms with Crippen molar-refractivity contribution in [3.63, 3.8) is 0 Å². The Morgan fingerprint density at radius 1 is 1.38 bits per heavy atom. The second kappa shape index (κ2) is 10.9. The van der Waals surface area contributed by atoms with Crippen molar-refractivity contribution >= 4 is 25.7 Å². The topological polar surface area (TPSA) is 142 Å². The number of nitrogens with one attached hydrogen (secondary N) is 1. The molecule has 2 N–H and O–H groups in total. The molecule has 2 fully saturated rings. The Bertz CT molecular complexity index is 1260. The first kappa shape index (κ1) is 27.8. The van der Waals surface area contributed by atoms with E-state index in [0.717, 1.165) is 30.7 Å². The van der Waals surface area contributed by atoms with Gasteiger partial charge < -0.3 is 14.4 Å². The summed E-state index contributed by atoms with van der Waals surface area (Å²) in [7, 11) is -2.45. The lowest BCUT2D eigenvalue weighted by Crippen LogP contribution is -2.45. The Labute approximate surface area is 216 Å². The van der Waals surface area contributed by atoms with Gasteiger partial charge in [0, 0.05) is 37.8 Å². The quantitative estimate of drug-likeness (QED) is 0.398. The number of carbonyl (C=O) groups is 1. The van der Waals surface area contributed by atoms with E-state index >= 15 is 4.39 Å². The summed E-state index contributed by atoms with van der Waals surface area (Å²) in [5, 5.41) is 1.84. The maximum Gasteiger partial charge on any atom is 0.395 e. The Morgan fingerprint density at radius 3 is 2.81 bits per heavy atom. The number of H-pyrrole nitrogens is 1. The van der Waals surface area contributed by atoms with Crippen molar-refractivity contribution in [3.8, 4) is 0 Å². The minimum atomic E-state index is -4.04. The van der Waals surface area contributed by atoms with E-state index in [4.69, 9.17) is 34.7 Å². The Hall–Kier alpha value is -2.22. The maximum atomic E-state index is 16.0. The molecule has 4 rings (SSSR count). The summed E-state index contributed by atoms with van der Waals surface area (Å²) in [6, 6.07) is 7.95. The summed E-state index contributed by atoms with van der Waals surface area (Å²) >= 11 is 6.10. The second-order valence-electron chi connectivity index (χ2n) is 8.86. The summed E-state index contributed by atoms with van der Waals surface area (Å²) in [6.45, 7) is 2.05. The summed E-state index contributed by atoms with van der Waals surface area (Å²) in [5.41, 5.74) is -3.33. The molecule has 1 radical (unpaired) electrons. The normalized spacial score (nSPS) is 32.7. The Balaban J connectivity index is 1.57. The zero-order valence-corrected chi connectivity index (χ0v) is 21.9. The maximum absolute atomic E-state index is 16.0. The van der Waals surface area contributed by atoms with E-state index in [1.165, 1.54) is 5.06 Å². The number of aromatic nitrogens is 2. The molecule has 12 nitrogen and oxygen atoms in total. The fourth-order valence-corrected chi connectivity index (χ4v) is 5.89. The fraction of sp³-hybridized carbons (Fsp3) is 0.500. The van der Waals surface area contributed by atoms with Gasteiger partial charge in [-0.25, -0.2) is 13.8 Å². The predicted molar refractivity (Wildman–Crippen MR) is 129 cm³/mol. The molecular formula is C22H27ClFN3O9P. The van der Waals surface area contributed by atoms with Gasteiger partial charge in [0.05, 0.1) is 12.7 Å². The number of esters is 1. The predicted octanol–water partition coefficient (Wildman–Crippen LogP) is 2.46. The molecule has 0 aliphatic carbocycles. The van der Waals surface area contributed by atoms with Crippen LogP contribution in [0.5, 0.6) is 0 Å². The second-order valence-corrected chi connectivity index (χ2v) is 10.9. The van der Waals surface area contributed by atoms with Crippen molar-refractivity contribution in [2.75, 3.05) is 20.2 Å². The van der Waals surface area contributed by atoms with Crippen LogP contribution in [0.3, 0.4) is 0 Å². The van der Waals surface area contributed by atoms with E-state index in [2.05, 4.69) is 0 Å². The molecule has 6 atom stereocenters. The molecule has 2 saturated heterocycles. The van der Waals surface area contributed by atoms with Gasteiger partial charge in [0.1, 0.15) is 6.10 Å².